The number of carbonyl (C=O) groups is 1. The van der Waals surface area contributed by atoms with Crippen LogP contribution >= 0.6 is 0 Å². The Bertz CT molecular complexity index is 261. The van der Waals surface area contributed by atoms with Crippen LogP contribution in [0.1, 0.15) is 25.7 Å². The van der Waals surface area contributed by atoms with Crippen LogP contribution in [0.2, 0.25) is 0 Å². The van der Waals surface area contributed by atoms with Crippen LogP contribution in [-0.2, 0) is 9.53 Å². The summed E-state index contributed by atoms with van der Waals surface area (Å²) >= 11 is 0. The molecule has 0 spiro atoms. The van der Waals surface area contributed by atoms with Crippen molar-refractivity contribution in [1.82, 2.24) is 15.5 Å². The van der Waals surface area contributed by atoms with E-state index in [9.17, 15) is 4.79 Å². The third-order valence-corrected chi connectivity index (χ3v) is 3.73. The van der Waals surface area contributed by atoms with Gasteiger partial charge in [0, 0.05) is 38.8 Å². The lowest BCUT2D eigenvalue weighted by Gasteiger charge is -2.32. The molecule has 18 heavy (non-hydrogen) atoms. The summed E-state index contributed by atoms with van der Waals surface area (Å²) in [6.07, 6.45) is 4.95. The summed E-state index contributed by atoms with van der Waals surface area (Å²) in [5, 5.41) is 6.17. The largest absolute Gasteiger partial charge is 0.383 e. The summed E-state index contributed by atoms with van der Waals surface area (Å²) in [5.41, 5.74) is 0. The minimum Gasteiger partial charge on any atom is -0.383 e. The molecular formula is C13H25N3O2. The van der Waals surface area contributed by atoms with Crippen LogP contribution in [0.3, 0.4) is 0 Å². The number of nitrogens with one attached hydrogen (secondary N) is 2. The number of hydrogen-bond donors (Lipinski definition) is 2. The maximum atomic E-state index is 11.7. The highest BCUT2D eigenvalue weighted by Gasteiger charge is 2.31. The van der Waals surface area contributed by atoms with Crippen molar-refractivity contribution in [2.24, 2.45) is 0 Å². The van der Waals surface area contributed by atoms with Crippen molar-refractivity contribution < 1.29 is 9.53 Å². The summed E-state index contributed by atoms with van der Waals surface area (Å²) in [6, 6.07) is 1.23. The van der Waals surface area contributed by atoms with E-state index < -0.39 is 0 Å². The monoisotopic (exact) mass is 255 g/mol. The number of ether oxygens (including phenoxy) is 1. The summed E-state index contributed by atoms with van der Waals surface area (Å²) in [4.78, 5) is 14.2. The fourth-order valence-electron chi connectivity index (χ4n) is 2.50. The molecule has 0 aromatic carbocycles. The molecule has 2 fully saturated rings. The number of likely N-dealkylation sites (tertiary alicyclic amines) is 1. The average Bonchev–Trinajstić information content (AvgIpc) is 3.20. The van der Waals surface area contributed by atoms with Gasteiger partial charge in [-0.1, -0.05) is 0 Å². The zero-order valence-electron chi connectivity index (χ0n) is 11.3. The lowest BCUT2D eigenvalue weighted by atomic mass is 10.0. The van der Waals surface area contributed by atoms with Gasteiger partial charge in [0.15, 0.2) is 0 Å². The zero-order valence-corrected chi connectivity index (χ0v) is 11.3. The molecule has 2 rings (SSSR count). The smallest absolute Gasteiger partial charge is 0.234 e. The predicted octanol–water partition coefficient (Wildman–Crippen LogP) is -0.0346. The van der Waals surface area contributed by atoms with Crippen molar-refractivity contribution >= 4 is 5.91 Å². The van der Waals surface area contributed by atoms with Crippen LogP contribution in [0.5, 0.6) is 0 Å². The van der Waals surface area contributed by atoms with Crippen LogP contribution < -0.4 is 10.6 Å². The summed E-state index contributed by atoms with van der Waals surface area (Å²) in [6.45, 7) is 4.06. The van der Waals surface area contributed by atoms with Crippen molar-refractivity contribution in [2.45, 2.75) is 37.8 Å². The van der Waals surface area contributed by atoms with E-state index in [4.69, 9.17) is 4.74 Å². The molecule has 1 saturated heterocycles. The Hall–Kier alpha value is -0.650. The number of hydrogen-bond acceptors (Lipinski definition) is 4. The molecule has 0 aromatic rings. The quantitative estimate of drug-likeness (QED) is 0.627. The Morgan fingerprint density at radius 1 is 1.28 bits per heavy atom. The molecule has 5 nitrogen and oxygen atoms in total. The molecule has 0 atom stereocenters. The SMILES string of the molecule is COCCNCC(=O)NC1CCN(C2CC2)CC1. The van der Waals surface area contributed by atoms with Gasteiger partial charge in [0.05, 0.1) is 13.2 Å². The third-order valence-electron chi connectivity index (χ3n) is 3.73. The first-order valence-electron chi connectivity index (χ1n) is 7.02. The topological polar surface area (TPSA) is 53.6 Å². The summed E-state index contributed by atoms with van der Waals surface area (Å²) < 4.78 is 4.91. The minimum absolute atomic E-state index is 0.107. The van der Waals surface area contributed by atoms with E-state index >= 15 is 0 Å². The maximum Gasteiger partial charge on any atom is 0.234 e. The Morgan fingerprint density at radius 2 is 2.00 bits per heavy atom. The van der Waals surface area contributed by atoms with E-state index in [0.29, 0.717) is 19.2 Å². The van der Waals surface area contributed by atoms with Crippen LogP contribution in [0.25, 0.3) is 0 Å². The Kier molecular flexibility index (Phi) is 5.41. The molecule has 0 aromatic heterocycles. The van der Waals surface area contributed by atoms with Gasteiger partial charge in [0.2, 0.25) is 5.91 Å². The van der Waals surface area contributed by atoms with E-state index in [1.807, 2.05) is 0 Å². The van der Waals surface area contributed by atoms with Gasteiger partial charge in [-0.05, 0) is 25.7 Å². The lowest BCUT2D eigenvalue weighted by Crippen LogP contribution is -2.47. The Labute approximate surface area is 109 Å². The van der Waals surface area contributed by atoms with Gasteiger partial charge in [0.1, 0.15) is 0 Å². The minimum atomic E-state index is 0.107. The summed E-state index contributed by atoms with van der Waals surface area (Å²) in [7, 11) is 1.66. The lowest BCUT2D eigenvalue weighted by molar-refractivity contribution is -0.121. The molecule has 2 N–H and O–H groups in total. The number of piperidine rings is 1. The normalized spacial score (nSPS) is 22.1. The fourth-order valence-corrected chi connectivity index (χ4v) is 2.50. The zero-order chi connectivity index (χ0) is 12.8. The fraction of sp³-hybridized carbons (Fsp3) is 0.923. The van der Waals surface area contributed by atoms with Crippen LogP contribution in [-0.4, -0.2) is 62.8 Å². The first-order valence-corrected chi connectivity index (χ1v) is 7.02. The van der Waals surface area contributed by atoms with E-state index in [0.717, 1.165) is 38.5 Å². The molecule has 1 heterocycles. The van der Waals surface area contributed by atoms with Gasteiger partial charge in [-0.25, -0.2) is 0 Å². The van der Waals surface area contributed by atoms with Crippen LogP contribution in [0.15, 0.2) is 0 Å². The van der Waals surface area contributed by atoms with Gasteiger partial charge >= 0.3 is 0 Å². The number of amides is 1. The van der Waals surface area contributed by atoms with E-state index in [2.05, 4.69) is 15.5 Å². The van der Waals surface area contributed by atoms with Crippen molar-refractivity contribution in [3.8, 4) is 0 Å². The van der Waals surface area contributed by atoms with E-state index in [1.54, 1.807) is 7.11 Å². The second-order valence-electron chi connectivity index (χ2n) is 5.28. The molecule has 1 aliphatic heterocycles. The molecule has 0 bridgehead atoms. The third kappa shape index (κ3) is 4.55. The van der Waals surface area contributed by atoms with Gasteiger partial charge in [-0.3, -0.25) is 4.79 Å². The predicted molar refractivity (Wildman–Crippen MR) is 70.5 cm³/mol. The van der Waals surface area contributed by atoms with Crippen molar-refractivity contribution in [1.29, 1.82) is 0 Å². The maximum absolute atomic E-state index is 11.7. The van der Waals surface area contributed by atoms with Crippen molar-refractivity contribution in [2.75, 3.05) is 39.9 Å². The highest BCUT2D eigenvalue weighted by Crippen LogP contribution is 2.29. The Balaban J connectivity index is 1.54. The molecule has 2 aliphatic rings. The van der Waals surface area contributed by atoms with Gasteiger partial charge in [0.25, 0.3) is 0 Å². The molecule has 5 heteroatoms. The molecule has 104 valence electrons. The van der Waals surface area contributed by atoms with E-state index in [1.165, 1.54) is 12.8 Å². The van der Waals surface area contributed by atoms with Crippen LogP contribution in [0.4, 0.5) is 0 Å². The number of carbonyl (C=O) groups excluding carboxylic acids is 1. The first-order chi connectivity index (χ1) is 8.79. The molecule has 0 radical (unpaired) electrons. The summed E-state index contributed by atoms with van der Waals surface area (Å²) in [5.74, 6) is 0.107. The van der Waals surface area contributed by atoms with E-state index in [-0.39, 0.29) is 5.91 Å². The Morgan fingerprint density at radius 3 is 2.61 bits per heavy atom. The standard InChI is InChI=1S/C13H25N3O2/c1-18-9-6-14-10-13(17)15-11-4-7-16(8-5-11)12-2-3-12/h11-12,14H,2-10H2,1H3,(H,15,17). The number of rotatable bonds is 7. The van der Waals surface area contributed by atoms with Crippen molar-refractivity contribution in [3.63, 3.8) is 0 Å². The average molecular weight is 255 g/mol. The second kappa shape index (κ2) is 7.07. The number of methoxy groups -OCH3 is 1. The van der Waals surface area contributed by atoms with Gasteiger partial charge < -0.3 is 20.3 Å². The highest BCUT2D eigenvalue weighted by atomic mass is 16.5. The second-order valence-corrected chi connectivity index (χ2v) is 5.28. The molecule has 0 unspecified atom stereocenters. The van der Waals surface area contributed by atoms with Gasteiger partial charge in [-0.15, -0.1) is 0 Å². The molecule has 1 aliphatic carbocycles. The molecule has 1 saturated carbocycles. The number of nitrogens with zero attached hydrogens (tertiary/aromatic N) is 1. The first kappa shape index (κ1) is 13.8. The van der Waals surface area contributed by atoms with Gasteiger partial charge in [-0.2, -0.15) is 0 Å². The highest BCUT2D eigenvalue weighted by molar-refractivity contribution is 5.78. The van der Waals surface area contributed by atoms with Crippen LogP contribution in [0, 0.1) is 0 Å². The molecular weight excluding hydrogens is 230 g/mol. The van der Waals surface area contributed by atoms with Crippen molar-refractivity contribution in [3.05, 3.63) is 0 Å². The molecule has 1 amide bonds.